The molecule has 2 heterocycles. The standard InChI is InChI=1S/C15H16FN5/c1-3-10(2)20-14-13-8-19-21(15(13)18-9-17-14)12-6-4-11(16)5-7-12/h4-10H,3H2,1-2H3,(H,17,18,20)/t10-/m0/s1. The minimum Gasteiger partial charge on any atom is -0.367 e. The van der Waals surface area contributed by atoms with Crippen molar-refractivity contribution in [3.63, 3.8) is 0 Å². The van der Waals surface area contributed by atoms with Crippen molar-refractivity contribution in [1.82, 2.24) is 19.7 Å². The fourth-order valence-corrected chi connectivity index (χ4v) is 2.07. The average molecular weight is 285 g/mol. The monoisotopic (exact) mass is 285 g/mol. The highest BCUT2D eigenvalue weighted by molar-refractivity contribution is 5.87. The third kappa shape index (κ3) is 2.56. The molecule has 0 aliphatic carbocycles. The van der Waals surface area contributed by atoms with Crippen LogP contribution >= 0.6 is 0 Å². The molecule has 5 nitrogen and oxygen atoms in total. The van der Waals surface area contributed by atoms with Crippen molar-refractivity contribution in [3.8, 4) is 5.69 Å². The molecule has 0 fully saturated rings. The lowest BCUT2D eigenvalue weighted by Crippen LogP contribution is -2.14. The number of fused-ring (bicyclic) bond motifs is 1. The summed E-state index contributed by atoms with van der Waals surface area (Å²) in [6, 6.07) is 6.47. The number of halogens is 1. The zero-order valence-electron chi connectivity index (χ0n) is 11.9. The first-order valence-electron chi connectivity index (χ1n) is 6.90. The van der Waals surface area contributed by atoms with Gasteiger partial charge in [-0.25, -0.2) is 19.0 Å². The number of nitrogens with zero attached hydrogens (tertiary/aromatic N) is 4. The van der Waals surface area contributed by atoms with Gasteiger partial charge in [0.2, 0.25) is 0 Å². The molecule has 1 N–H and O–H groups in total. The van der Waals surface area contributed by atoms with Gasteiger partial charge in [0, 0.05) is 6.04 Å². The first-order chi connectivity index (χ1) is 10.2. The quantitative estimate of drug-likeness (QED) is 0.800. The molecule has 0 unspecified atom stereocenters. The average Bonchev–Trinajstić information content (AvgIpc) is 2.93. The Labute approximate surface area is 121 Å². The van der Waals surface area contributed by atoms with Crippen LogP contribution in [0.4, 0.5) is 10.2 Å². The largest absolute Gasteiger partial charge is 0.367 e. The van der Waals surface area contributed by atoms with E-state index in [1.54, 1.807) is 23.0 Å². The number of hydrogen-bond acceptors (Lipinski definition) is 4. The van der Waals surface area contributed by atoms with Crippen LogP contribution in [-0.4, -0.2) is 25.8 Å². The first kappa shape index (κ1) is 13.5. The molecule has 0 spiro atoms. The molecular weight excluding hydrogens is 269 g/mol. The maximum Gasteiger partial charge on any atom is 0.168 e. The molecule has 0 radical (unpaired) electrons. The molecule has 0 amide bonds. The Morgan fingerprint density at radius 2 is 2.00 bits per heavy atom. The summed E-state index contributed by atoms with van der Waals surface area (Å²) in [7, 11) is 0. The molecule has 1 aromatic carbocycles. The fraction of sp³-hybridized carbons (Fsp3) is 0.267. The van der Waals surface area contributed by atoms with Crippen molar-refractivity contribution >= 4 is 16.9 Å². The fourth-order valence-electron chi connectivity index (χ4n) is 2.07. The normalized spacial score (nSPS) is 12.5. The van der Waals surface area contributed by atoms with Crippen molar-refractivity contribution in [3.05, 3.63) is 42.6 Å². The maximum atomic E-state index is 13.0. The van der Waals surface area contributed by atoms with Crippen molar-refractivity contribution in [1.29, 1.82) is 0 Å². The van der Waals surface area contributed by atoms with Crippen molar-refractivity contribution in [2.45, 2.75) is 26.3 Å². The third-order valence-corrected chi connectivity index (χ3v) is 3.43. The van der Waals surface area contributed by atoms with Crippen LogP contribution in [0.2, 0.25) is 0 Å². The zero-order chi connectivity index (χ0) is 14.8. The van der Waals surface area contributed by atoms with Crippen LogP contribution in [0.25, 0.3) is 16.7 Å². The highest BCUT2D eigenvalue weighted by atomic mass is 19.1. The molecule has 2 aromatic heterocycles. The Morgan fingerprint density at radius 1 is 1.24 bits per heavy atom. The Morgan fingerprint density at radius 3 is 2.71 bits per heavy atom. The van der Waals surface area contributed by atoms with Gasteiger partial charge in [0.05, 0.1) is 17.3 Å². The third-order valence-electron chi connectivity index (χ3n) is 3.43. The van der Waals surface area contributed by atoms with E-state index in [2.05, 4.69) is 34.2 Å². The van der Waals surface area contributed by atoms with E-state index in [9.17, 15) is 4.39 Å². The second-order valence-corrected chi connectivity index (χ2v) is 4.95. The van der Waals surface area contributed by atoms with E-state index >= 15 is 0 Å². The summed E-state index contributed by atoms with van der Waals surface area (Å²) in [4.78, 5) is 8.57. The van der Waals surface area contributed by atoms with E-state index in [0.29, 0.717) is 11.7 Å². The predicted molar refractivity (Wildman–Crippen MR) is 80.0 cm³/mol. The van der Waals surface area contributed by atoms with E-state index < -0.39 is 0 Å². The molecule has 0 saturated heterocycles. The summed E-state index contributed by atoms with van der Waals surface area (Å²) >= 11 is 0. The van der Waals surface area contributed by atoms with Crippen LogP contribution in [0.5, 0.6) is 0 Å². The molecule has 6 heteroatoms. The minimum atomic E-state index is -0.274. The molecule has 21 heavy (non-hydrogen) atoms. The molecule has 3 rings (SSSR count). The topological polar surface area (TPSA) is 55.6 Å². The summed E-state index contributed by atoms with van der Waals surface area (Å²) in [5.41, 5.74) is 1.46. The Hall–Kier alpha value is -2.50. The number of nitrogens with one attached hydrogen (secondary N) is 1. The van der Waals surface area contributed by atoms with E-state index in [-0.39, 0.29) is 5.82 Å². The van der Waals surface area contributed by atoms with Gasteiger partial charge in [-0.05, 0) is 37.6 Å². The molecule has 1 atom stereocenters. The lowest BCUT2D eigenvalue weighted by atomic mass is 10.2. The summed E-state index contributed by atoms with van der Waals surface area (Å²) in [5, 5.41) is 8.53. The number of anilines is 1. The number of hydrogen-bond donors (Lipinski definition) is 1. The van der Waals surface area contributed by atoms with Gasteiger partial charge in [0.25, 0.3) is 0 Å². The highest BCUT2D eigenvalue weighted by Crippen LogP contribution is 2.22. The molecular formula is C15H16FN5. The van der Waals surface area contributed by atoms with E-state index in [0.717, 1.165) is 23.3 Å². The molecule has 0 aliphatic heterocycles. The van der Waals surface area contributed by atoms with Gasteiger partial charge in [0.1, 0.15) is 18.0 Å². The van der Waals surface area contributed by atoms with E-state index in [1.165, 1.54) is 18.5 Å². The van der Waals surface area contributed by atoms with Crippen LogP contribution < -0.4 is 5.32 Å². The van der Waals surface area contributed by atoms with Gasteiger partial charge in [-0.2, -0.15) is 5.10 Å². The molecule has 0 saturated carbocycles. The second kappa shape index (κ2) is 5.47. The number of rotatable bonds is 4. The summed E-state index contributed by atoms with van der Waals surface area (Å²) in [6.07, 6.45) is 4.23. The van der Waals surface area contributed by atoms with Crippen LogP contribution in [0.3, 0.4) is 0 Å². The van der Waals surface area contributed by atoms with Gasteiger partial charge in [-0.15, -0.1) is 0 Å². The summed E-state index contributed by atoms with van der Waals surface area (Å²) in [5.74, 6) is 0.492. The minimum absolute atomic E-state index is 0.274. The molecule has 0 bridgehead atoms. The van der Waals surface area contributed by atoms with E-state index in [1.807, 2.05) is 0 Å². The first-order valence-corrected chi connectivity index (χ1v) is 6.90. The lowest BCUT2D eigenvalue weighted by Gasteiger charge is -2.12. The molecule has 3 aromatic rings. The molecule has 108 valence electrons. The Balaban J connectivity index is 2.06. The summed E-state index contributed by atoms with van der Waals surface area (Å²) in [6.45, 7) is 4.20. The van der Waals surface area contributed by atoms with Gasteiger partial charge in [-0.3, -0.25) is 0 Å². The van der Waals surface area contributed by atoms with Gasteiger partial charge in [-0.1, -0.05) is 6.92 Å². The number of benzene rings is 1. The highest BCUT2D eigenvalue weighted by Gasteiger charge is 2.12. The second-order valence-electron chi connectivity index (χ2n) is 4.95. The van der Waals surface area contributed by atoms with Crippen molar-refractivity contribution in [2.24, 2.45) is 0 Å². The van der Waals surface area contributed by atoms with Crippen LogP contribution in [-0.2, 0) is 0 Å². The zero-order valence-corrected chi connectivity index (χ0v) is 11.9. The summed E-state index contributed by atoms with van der Waals surface area (Å²) < 4.78 is 14.7. The van der Waals surface area contributed by atoms with Crippen molar-refractivity contribution in [2.75, 3.05) is 5.32 Å². The van der Waals surface area contributed by atoms with Gasteiger partial charge in [0.15, 0.2) is 5.65 Å². The lowest BCUT2D eigenvalue weighted by molar-refractivity contribution is 0.627. The van der Waals surface area contributed by atoms with Crippen molar-refractivity contribution < 1.29 is 4.39 Å². The van der Waals surface area contributed by atoms with Crippen LogP contribution in [0.1, 0.15) is 20.3 Å². The molecule has 0 aliphatic rings. The smallest absolute Gasteiger partial charge is 0.168 e. The maximum absolute atomic E-state index is 13.0. The van der Waals surface area contributed by atoms with E-state index in [4.69, 9.17) is 0 Å². The predicted octanol–water partition coefficient (Wildman–Crippen LogP) is 3.17. The Bertz CT molecular complexity index is 750. The Kier molecular flexibility index (Phi) is 3.51. The van der Waals surface area contributed by atoms with Gasteiger partial charge < -0.3 is 5.32 Å². The SMILES string of the molecule is CC[C@H](C)Nc1ncnc2c1cnn2-c1ccc(F)cc1. The number of aromatic nitrogens is 4. The van der Waals surface area contributed by atoms with Gasteiger partial charge >= 0.3 is 0 Å². The van der Waals surface area contributed by atoms with Crippen LogP contribution in [0, 0.1) is 5.82 Å². The van der Waals surface area contributed by atoms with Crippen LogP contribution in [0.15, 0.2) is 36.8 Å².